The van der Waals surface area contributed by atoms with Crippen LogP contribution in [0.4, 0.5) is 5.69 Å². The molecule has 0 fully saturated rings. The predicted octanol–water partition coefficient (Wildman–Crippen LogP) is 6.32. The Labute approximate surface area is 193 Å². The molecule has 0 aliphatic rings. The van der Waals surface area contributed by atoms with E-state index in [2.05, 4.69) is 34.9 Å². The number of hydrogen-bond acceptors (Lipinski definition) is 3. The highest BCUT2D eigenvalue weighted by Crippen LogP contribution is 2.33. The second-order valence-corrected chi connectivity index (χ2v) is 8.68. The predicted molar refractivity (Wildman–Crippen MR) is 134 cm³/mol. The van der Waals surface area contributed by atoms with Gasteiger partial charge in [-0.3, -0.25) is 4.79 Å². The molecule has 3 nitrogen and oxygen atoms in total. The molecule has 160 valence electrons. The lowest BCUT2D eigenvalue weighted by molar-refractivity contribution is -0.116. The minimum Gasteiger partial charge on any atom is -0.325 e. The molecule has 0 bridgehead atoms. The van der Waals surface area contributed by atoms with E-state index in [4.69, 9.17) is 0 Å². The van der Waals surface area contributed by atoms with Crippen molar-refractivity contribution in [3.8, 4) is 0 Å². The van der Waals surface area contributed by atoms with E-state index in [-0.39, 0.29) is 17.2 Å². The van der Waals surface area contributed by atoms with Gasteiger partial charge in [-0.2, -0.15) is 0 Å². The van der Waals surface area contributed by atoms with Gasteiger partial charge in [0.15, 0.2) is 0 Å². The first-order valence-corrected chi connectivity index (χ1v) is 11.6. The zero-order chi connectivity index (χ0) is 22.0. The highest BCUT2D eigenvalue weighted by Gasteiger charge is 2.30. The van der Waals surface area contributed by atoms with E-state index in [1.54, 1.807) is 11.8 Å². The lowest BCUT2D eigenvalue weighted by Crippen LogP contribution is -2.38. The Morgan fingerprint density at radius 3 is 1.84 bits per heavy atom. The third-order valence-corrected chi connectivity index (χ3v) is 6.42. The molecule has 2 unspecified atom stereocenters. The highest BCUT2D eigenvalue weighted by molar-refractivity contribution is 8.00. The number of benzene rings is 4. The average Bonchev–Trinajstić information content (AvgIpc) is 2.86. The van der Waals surface area contributed by atoms with Crippen LogP contribution in [-0.4, -0.2) is 11.2 Å². The van der Waals surface area contributed by atoms with Crippen molar-refractivity contribution >= 4 is 23.4 Å². The van der Waals surface area contributed by atoms with Crippen LogP contribution in [0.25, 0.3) is 0 Å². The smallest absolute Gasteiger partial charge is 0.239 e. The van der Waals surface area contributed by atoms with Gasteiger partial charge >= 0.3 is 0 Å². The maximum absolute atomic E-state index is 13.6. The lowest BCUT2D eigenvalue weighted by Gasteiger charge is -2.28. The van der Waals surface area contributed by atoms with Crippen LogP contribution < -0.4 is 10.6 Å². The first-order chi connectivity index (χ1) is 15.8. The number of para-hydroxylation sites is 1. The van der Waals surface area contributed by atoms with Crippen molar-refractivity contribution < 1.29 is 4.79 Å². The van der Waals surface area contributed by atoms with Gasteiger partial charge < -0.3 is 10.6 Å². The summed E-state index contributed by atoms with van der Waals surface area (Å²) in [5.41, 5.74) is 3.06. The van der Waals surface area contributed by atoms with Gasteiger partial charge in [0.25, 0.3) is 0 Å². The van der Waals surface area contributed by atoms with Crippen molar-refractivity contribution in [1.82, 2.24) is 5.32 Å². The number of rotatable bonds is 9. The fourth-order valence-electron chi connectivity index (χ4n) is 3.54. The summed E-state index contributed by atoms with van der Waals surface area (Å²) >= 11 is 1.58. The van der Waals surface area contributed by atoms with Gasteiger partial charge in [0.2, 0.25) is 5.91 Å². The van der Waals surface area contributed by atoms with Gasteiger partial charge in [-0.05, 0) is 35.4 Å². The summed E-state index contributed by atoms with van der Waals surface area (Å²) in [6.07, 6.45) is 0. The third-order valence-electron chi connectivity index (χ3n) is 5.14. The molecule has 0 aromatic heterocycles. The molecule has 0 aliphatic carbocycles. The standard InChI is InChI=1S/C28H26N2OS/c31-28(30-24-17-9-3-10-18-24)27(32-25-19-11-4-12-20-25)26(23-15-7-2-8-16-23)29-21-22-13-5-1-6-14-22/h1-20,26-27,29H,21H2,(H,30,31). The van der Waals surface area contributed by atoms with Crippen molar-refractivity contribution in [3.63, 3.8) is 0 Å². The first-order valence-electron chi connectivity index (χ1n) is 10.7. The Morgan fingerprint density at radius 1 is 0.688 bits per heavy atom. The molecule has 2 atom stereocenters. The van der Waals surface area contributed by atoms with Gasteiger partial charge in [0, 0.05) is 17.1 Å². The van der Waals surface area contributed by atoms with E-state index in [9.17, 15) is 4.79 Å². The maximum Gasteiger partial charge on any atom is 0.239 e. The van der Waals surface area contributed by atoms with Gasteiger partial charge in [0.05, 0.1) is 6.04 Å². The Bertz CT molecular complexity index is 1090. The molecule has 0 saturated carbocycles. The highest BCUT2D eigenvalue weighted by atomic mass is 32.2. The van der Waals surface area contributed by atoms with Crippen LogP contribution in [-0.2, 0) is 11.3 Å². The average molecular weight is 439 g/mol. The molecule has 0 saturated heterocycles. The minimum absolute atomic E-state index is 0.0283. The number of thioether (sulfide) groups is 1. The zero-order valence-electron chi connectivity index (χ0n) is 17.7. The molecule has 0 aliphatic heterocycles. The SMILES string of the molecule is O=C(Nc1ccccc1)C(Sc1ccccc1)C(NCc1ccccc1)c1ccccc1. The number of hydrogen-bond donors (Lipinski definition) is 2. The number of amides is 1. The van der Waals surface area contributed by atoms with Crippen LogP contribution in [0.2, 0.25) is 0 Å². The van der Waals surface area contributed by atoms with E-state index < -0.39 is 0 Å². The molecule has 4 aromatic carbocycles. The fraction of sp³-hybridized carbons (Fsp3) is 0.107. The van der Waals surface area contributed by atoms with Gasteiger partial charge in [-0.25, -0.2) is 0 Å². The second kappa shape index (κ2) is 11.3. The van der Waals surface area contributed by atoms with Gasteiger partial charge in [0.1, 0.15) is 5.25 Å². The third kappa shape index (κ3) is 6.10. The Balaban J connectivity index is 1.65. The van der Waals surface area contributed by atoms with Crippen LogP contribution in [0, 0.1) is 0 Å². The maximum atomic E-state index is 13.6. The van der Waals surface area contributed by atoms with E-state index in [1.807, 2.05) is 97.1 Å². The molecule has 4 rings (SSSR count). The number of nitrogens with one attached hydrogen (secondary N) is 2. The topological polar surface area (TPSA) is 41.1 Å². The molecule has 4 aromatic rings. The monoisotopic (exact) mass is 438 g/mol. The Morgan fingerprint density at radius 2 is 1.22 bits per heavy atom. The fourth-order valence-corrected chi connectivity index (χ4v) is 4.70. The van der Waals surface area contributed by atoms with Crippen molar-refractivity contribution in [2.75, 3.05) is 5.32 Å². The summed E-state index contributed by atoms with van der Waals surface area (Å²) in [7, 11) is 0. The molecular formula is C28H26N2OS. The van der Waals surface area contributed by atoms with Crippen LogP contribution in [0.5, 0.6) is 0 Å². The normalized spacial score (nSPS) is 12.6. The van der Waals surface area contributed by atoms with Crippen LogP contribution in [0.3, 0.4) is 0 Å². The second-order valence-electron chi connectivity index (χ2n) is 7.46. The molecule has 0 heterocycles. The van der Waals surface area contributed by atoms with Gasteiger partial charge in [-0.15, -0.1) is 11.8 Å². The van der Waals surface area contributed by atoms with Crippen molar-refractivity contribution in [3.05, 3.63) is 132 Å². The van der Waals surface area contributed by atoms with Crippen LogP contribution in [0.1, 0.15) is 17.2 Å². The molecule has 0 spiro atoms. The molecular weight excluding hydrogens is 412 g/mol. The molecule has 0 radical (unpaired) electrons. The summed E-state index contributed by atoms with van der Waals surface area (Å²) in [4.78, 5) is 14.6. The lowest BCUT2D eigenvalue weighted by atomic mass is 10.0. The summed E-state index contributed by atoms with van der Waals surface area (Å²) < 4.78 is 0. The van der Waals surface area contributed by atoms with E-state index >= 15 is 0 Å². The summed E-state index contributed by atoms with van der Waals surface area (Å²) in [6, 6.07) is 40.0. The number of carbonyl (C=O) groups excluding carboxylic acids is 1. The molecule has 2 N–H and O–H groups in total. The molecule has 32 heavy (non-hydrogen) atoms. The molecule has 1 amide bonds. The number of anilines is 1. The Hall–Kier alpha value is -3.34. The van der Waals surface area contributed by atoms with Crippen molar-refractivity contribution in [2.24, 2.45) is 0 Å². The molecule has 4 heteroatoms. The van der Waals surface area contributed by atoms with Gasteiger partial charge in [-0.1, -0.05) is 97.1 Å². The summed E-state index contributed by atoms with van der Waals surface area (Å²) in [5.74, 6) is -0.0283. The number of carbonyl (C=O) groups is 1. The van der Waals surface area contributed by atoms with Crippen molar-refractivity contribution in [1.29, 1.82) is 0 Å². The van der Waals surface area contributed by atoms with Crippen molar-refractivity contribution in [2.45, 2.75) is 22.7 Å². The van der Waals surface area contributed by atoms with Crippen LogP contribution in [0.15, 0.2) is 126 Å². The first kappa shape index (κ1) is 21.9. The summed E-state index contributed by atoms with van der Waals surface area (Å²) in [6.45, 7) is 0.671. The Kier molecular flexibility index (Phi) is 7.74. The quantitative estimate of drug-likeness (QED) is 0.301. The minimum atomic E-state index is -0.372. The van der Waals surface area contributed by atoms with E-state index in [1.165, 1.54) is 5.56 Å². The van der Waals surface area contributed by atoms with E-state index in [0.717, 1.165) is 16.1 Å². The van der Waals surface area contributed by atoms with Crippen LogP contribution >= 0.6 is 11.8 Å². The largest absolute Gasteiger partial charge is 0.325 e. The summed E-state index contributed by atoms with van der Waals surface area (Å²) in [5, 5.41) is 6.40. The zero-order valence-corrected chi connectivity index (χ0v) is 18.5. The van der Waals surface area contributed by atoms with E-state index in [0.29, 0.717) is 6.54 Å².